The summed E-state index contributed by atoms with van der Waals surface area (Å²) >= 11 is 3.77. The van der Waals surface area contributed by atoms with Crippen LogP contribution in [-0.2, 0) is 0 Å². The first-order valence-electron chi connectivity index (χ1n) is 20.1. The fourth-order valence-corrected chi connectivity index (χ4v) is 10.2. The molecule has 9 aromatic carbocycles. The van der Waals surface area contributed by atoms with Gasteiger partial charge in [-0.25, -0.2) is 0 Å². The Morgan fingerprint density at radius 1 is 0.397 bits per heavy atom. The smallest absolute Gasteiger partial charge is 0.0355 e. The summed E-state index contributed by atoms with van der Waals surface area (Å²) in [5.74, 6) is 0.856. The van der Waals surface area contributed by atoms with E-state index in [1.54, 1.807) is 0 Å². The van der Waals surface area contributed by atoms with Crippen molar-refractivity contribution in [2.45, 2.75) is 20.3 Å². The van der Waals surface area contributed by atoms with Crippen LogP contribution in [0.5, 0.6) is 0 Å². The summed E-state index contributed by atoms with van der Waals surface area (Å²) in [6.07, 6.45) is 1.28. The summed E-state index contributed by atoms with van der Waals surface area (Å²) in [5, 5.41) is 10.6. The van der Waals surface area contributed by atoms with Gasteiger partial charge < -0.3 is 0 Å². The van der Waals surface area contributed by atoms with E-state index in [9.17, 15) is 0 Å². The highest BCUT2D eigenvalue weighted by atomic mass is 32.1. The monoisotopic (exact) mass is 778 g/mol. The van der Waals surface area contributed by atoms with Crippen molar-refractivity contribution in [3.05, 3.63) is 206 Å². The van der Waals surface area contributed by atoms with Crippen molar-refractivity contribution >= 4 is 84.6 Å². The molecule has 1 aliphatic carbocycles. The van der Waals surface area contributed by atoms with Crippen LogP contribution in [0.15, 0.2) is 200 Å². The van der Waals surface area contributed by atoms with Gasteiger partial charge in [0.25, 0.3) is 0 Å². The van der Waals surface area contributed by atoms with Crippen molar-refractivity contribution in [3.63, 3.8) is 0 Å². The highest BCUT2D eigenvalue weighted by Gasteiger charge is 2.20. The molecule has 0 radical (unpaired) electrons. The number of benzene rings is 9. The van der Waals surface area contributed by atoms with Crippen LogP contribution in [-0.4, -0.2) is 0 Å². The molecule has 0 unspecified atom stereocenters. The largest absolute Gasteiger partial charge is 0.135 e. The van der Waals surface area contributed by atoms with Crippen molar-refractivity contribution in [1.29, 1.82) is 0 Å². The fourth-order valence-electron chi connectivity index (χ4n) is 8.10. The number of aryl methyl sites for hydroxylation is 1. The Balaban J connectivity index is 0.000000199. The van der Waals surface area contributed by atoms with Crippen molar-refractivity contribution in [2.24, 2.45) is 5.92 Å². The lowest BCUT2D eigenvalue weighted by Gasteiger charge is -2.12. The minimum atomic E-state index is 0.856. The Labute approximate surface area is 348 Å². The molecule has 0 aliphatic heterocycles. The lowest BCUT2D eigenvalue weighted by atomic mass is 9.91. The third kappa shape index (κ3) is 7.00. The van der Waals surface area contributed by atoms with Crippen LogP contribution in [0.3, 0.4) is 0 Å². The van der Waals surface area contributed by atoms with E-state index >= 15 is 0 Å². The Hall–Kier alpha value is -6.32. The Kier molecular flexibility index (Phi) is 9.45. The van der Waals surface area contributed by atoms with Gasteiger partial charge in [0.15, 0.2) is 0 Å². The van der Waals surface area contributed by atoms with Crippen LogP contribution in [0, 0.1) is 12.8 Å². The van der Waals surface area contributed by atoms with Crippen molar-refractivity contribution in [1.82, 2.24) is 0 Å². The Morgan fingerprint density at radius 3 is 1.24 bits per heavy atom. The van der Waals surface area contributed by atoms with E-state index < -0.39 is 0 Å². The van der Waals surface area contributed by atoms with E-state index in [4.69, 9.17) is 0 Å². The zero-order chi connectivity index (χ0) is 39.2. The van der Waals surface area contributed by atoms with Crippen molar-refractivity contribution in [2.75, 3.05) is 0 Å². The molecule has 0 saturated heterocycles. The molecule has 0 nitrogen and oxygen atoms in total. The number of rotatable bonds is 3. The second-order valence-corrected chi connectivity index (χ2v) is 17.7. The van der Waals surface area contributed by atoms with Crippen molar-refractivity contribution in [3.8, 4) is 33.4 Å². The zero-order valence-electron chi connectivity index (χ0n) is 32.7. The van der Waals surface area contributed by atoms with Crippen LogP contribution >= 0.6 is 22.7 Å². The molecule has 58 heavy (non-hydrogen) atoms. The predicted molar refractivity (Wildman–Crippen MR) is 258 cm³/mol. The second kappa shape index (κ2) is 15.2. The van der Waals surface area contributed by atoms with Crippen LogP contribution in [0.25, 0.3) is 95.3 Å². The molecule has 1 fully saturated rings. The minimum Gasteiger partial charge on any atom is -0.135 e. The molecule has 2 heterocycles. The van der Waals surface area contributed by atoms with Crippen LogP contribution in [0.4, 0.5) is 0 Å². The zero-order valence-corrected chi connectivity index (χ0v) is 34.3. The molecular formula is C56H42S2. The quantitative estimate of drug-likeness (QED) is 0.124. The molecule has 1 saturated carbocycles. The van der Waals surface area contributed by atoms with Gasteiger partial charge in [-0.2, -0.15) is 0 Å². The minimum absolute atomic E-state index is 0.856. The molecule has 2 aromatic heterocycles. The SMILES string of the molecule is C=C1C[C@H]1C.Cc1ccc2sc3ccc(-c4ccc5sc6ccc(-c7c8ccccc8cc8ccccc78)cc6c5c4)cc3c2c1.c1ccc(-c2ccccc2)cc1. The van der Waals surface area contributed by atoms with Gasteiger partial charge in [-0.3, -0.25) is 0 Å². The summed E-state index contributed by atoms with van der Waals surface area (Å²) in [6.45, 7) is 8.12. The second-order valence-electron chi connectivity index (χ2n) is 15.5. The summed E-state index contributed by atoms with van der Waals surface area (Å²) < 4.78 is 5.38. The number of allylic oxidation sites excluding steroid dienone is 1. The topological polar surface area (TPSA) is 0 Å². The maximum Gasteiger partial charge on any atom is 0.0355 e. The number of thiophene rings is 2. The number of fused-ring (bicyclic) bond motifs is 8. The van der Waals surface area contributed by atoms with E-state index in [2.05, 4.69) is 196 Å². The van der Waals surface area contributed by atoms with E-state index in [1.807, 2.05) is 34.8 Å². The van der Waals surface area contributed by atoms with E-state index in [0.717, 1.165) is 5.92 Å². The molecule has 1 aliphatic rings. The van der Waals surface area contributed by atoms with Gasteiger partial charge in [0.2, 0.25) is 0 Å². The Morgan fingerprint density at radius 2 is 0.776 bits per heavy atom. The van der Waals surface area contributed by atoms with Gasteiger partial charge in [0.1, 0.15) is 0 Å². The first-order chi connectivity index (χ1) is 28.5. The molecule has 1 atom stereocenters. The average Bonchev–Trinajstić information content (AvgIpc) is 3.62. The molecule has 0 bridgehead atoms. The van der Waals surface area contributed by atoms with Gasteiger partial charge in [-0.15, -0.1) is 22.7 Å². The lowest BCUT2D eigenvalue weighted by molar-refractivity contribution is 1.02. The fraction of sp³-hybridized carbons (Fsp3) is 0.0714. The van der Waals surface area contributed by atoms with E-state index in [-0.39, 0.29) is 0 Å². The van der Waals surface area contributed by atoms with Gasteiger partial charge in [0.05, 0.1) is 0 Å². The van der Waals surface area contributed by atoms with Crippen LogP contribution in [0.1, 0.15) is 18.9 Å². The first-order valence-corrected chi connectivity index (χ1v) is 21.7. The predicted octanol–water partition coefficient (Wildman–Crippen LogP) is 17.3. The number of hydrogen-bond donors (Lipinski definition) is 0. The van der Waals surface area contributed by atoms with Crippen LogP contribution < -0.4 is 0 Å². The standard InChI is InChI=1S/C39H24S2.C12H10.C5H8/c1-23-10-14-35-31(18-23)32-20-24(11-15-36(32)40-35)25-12-16-37-33(21-25)34-22-28(13-17-38(34)41-37)39-29-8-4-2-6-26(29)19-27-7-3-5-9-30(27)39;1-3-7-11(8-4-1)12-9-5-2-6-10-12;1-4-3-5(4)2/h2-22H,1H3;1-10H;5H,1,3H2,2H3/t;;5-/m..1/s1. The maximum absolute atomic E-state index is 3.75. The normalized spacial score (nSPS) is 13.5. The molecule has 2 heteroatoms. The molecule has 0 N–H and O–H groups in total. The average molecular weight is 779 g/mol. The van der Waals surface area contributed by atoms with Crippen LogP contribution in [0.2, 0.25) is 0 Å². The van der Waals surface area contributed by atoms with Gasteiger partial charge in [-0.05, 0) is 129 Å². The maximum atomic E-state index is 3.75. The summed E-state index contributed by atoms with van der Waals surface area (Å²) in [4.78, 5) is 0. The van der Waals surface area contributed by atoms with E-state index in [0.29, 0.717) is 0 Å². The van der Waals surface area contributed by atoms with Gasteiger partial charge >= 0.3 is 0 Å². The molecule has 0 amide bonds. The molecule has 0 spiro atoms. The lowest BCUT2D eigenvalue weighted by Crippen LogP contribution is -1.85. The molecule has 11 aromatic rings. The molecular weight excluding hydrogens is 737 g/mol. The van der Waals surface area contributed by atoms with Crippen molar-refractivity contribution < 1.29 is 0 Å². The Bertz CT molecular complexity index is 3200. The highest BCUT2D eigenvalue weighted by molar-refractivity contribution is 7.26. The van der Waals surface area contributed by atoms with Gasteiger partial charge in [-0.1, -0.05) is 158 Å². The first kappa shape index (κ1) is 36.0. The molecule has 278 valence electrons. The number of hydrogen-bond acceptors (Lipinski definition) is 2. The highest BCUT2D eigenvalue weighted by Crippen LogP contribution is 2.43. The summed E-state index contributed by atoms with van der Waals surface area (Å²) in [6, 6.07) is 68.5. The molecule has 12 rings (SSSR count). The third-order valence-electron chi connectivity index (χ3n) is 11.5. The van der Waals surface area contributed by atoms with Gasteiger partial charge in [0, 0.05) is 40.3 Å². The third-order valence-corrected chi connectivity index (χ3v) is 13.8. The van der Waals surface area contributed by atoms with E-state index in [1.165, 1.54) is 113 Å². The summed E-state index contributed by atoms with van der Waals surface area (Å²) in [7, 11) is 0. The summed E-state index contributed by atoms with van der Waals surface area (Å²) in [5.41, 5.74) is 10.4.